The third-order valence-electron chi connectivity index (χ3n) is 4.41. The number of piperidine rings is 1. The van der Waals surface area contributed by atoms with Gasteiger partial charge in [-0.25, -0.2) is 0 Å². The zero-order chi connectivity index (χ0) is 13.7. The number of nitrogens with two attached hydrogens (primary N) is 1. The molecule has 1 aromatic carbocycles. The molecule has 1 saturated heterocycles. The van der Waals surface area contributed by atoms with E-state index in [0.29, 0.717) is 6.04 Å². The summed E-state index contributed by atoms with van der Waals surface area (Å²) in [5.74, 6) is 0. The summed E-state index contributed by atoms with van der Waals surface area (Å²) in [5.41, 5.74) is 9.01. The summed E-state index contributed by atoms with van der Waals surface area (Å²) in [6.07, 6.45) is 7.33. The molecule has 2 heteroatoms. The fraction of sp³-hybridized carbons (Fsp3) is 0.647. The van der Waals surface area contributed by atoms with Crippen LogP contribution in [0.4, 0.5) is 5.69 Å². The van der Waals surface area contributed by atoms with Crippen molar-refractivity contribution in [3.63, 3.8) is 0 Å². The van der Waals surface area contributed by atoms with Crippen molar-refractivity contribution >= 4 is 5.69 Å². The molecule has 2 nitrogen and oxygen atoms in total. The Labute approximate surface area is 118 Å². The number of nitrogens with zero attached hydrogens (tertiary/aromatic N) is 1. The van der Waals surface area contributed by atoms with E-state index in [1.165, 1.54) is 43.5 Å². The largest absolute Gasteiger partial charge is 0.368 e. The maximum atomic E-state index is 6.15. The predicted octanol–water partition coefficient (Wildman–Crippen LogP) is 3.74. The Morgan fingerprint density at radius 3 is 2.79 bits per heavy atom. The van der Waals surface area contributed by atoms with Gasteiger partial charge >= 0.3 is 0 Å². The molecular formula is C17H28N2. The van der Waals surface area contributed by atoms with E-state index in [0.717, 1.165) is 12.8 Å². The summed E-state index contributed by atoms with van der Waals surface area (Å²) in [7, 11) is 0. The summed E-state index contributed by atoms with van der Waals surface area (Å²) >= 11 is 0. The minimum Gasteiger partial charge on any atom is -0.368 e. The number of hydrogen-bond donors (Lipinski definition) is 1. The Morgan fingerprint density at radius 2 is 2.05 bits per heavy atom. The minimum atomic E-state index is 0.283. The van der Waals surface area contributed by atoms with Crippen LogP contribution >= 0.6 is 0 Å². The summed E-state index contributed by atoms with van der Waals surface area (Å²) in [5, 5.41) is 0. The van der Waals surface area contributed by atoms with Crippen molar-refractivity contribution in [2.75, 3.05) is 11.4 Å². The maximum absolute atomic E-state index is 6.15. The van der Waals surface area contributed by atoms with Crippen molar-refractivity contribution in [3.05, 3.63) is 29.8 Å². The molecule has 1 aliphatic heterocycles. The molecular weight excluding hydrogens is 232 g/mol. The molecule has 1 fully saturated rings. The average molecular weight is 260 g/mol. The zero-order valence-electron chi connectivity index (χ0n) is 12.4. The molecule has 1 aromatic rings. The van der Waals surface area contributed by atoms with Crippen molar-refractivity contribution < 1.29 is 0 Å². The van der Waals surface area contributed by atoms with Crippen LogP contribution in [0.15, 0.2) is 24.3 Å². The SMILES string of the molecule is CCC(N)Cc1ccccc1N1CCCCC1CC. The first kappa shape index (κ1) is 14.4. The van der Waals surface area contributed by atoms with E-state index >= 15 is 0 Å². The van der Waals surface area contributed by atoms with Gasteiger partial charge in [-0.05, 0) is 50.2 Å². The van der Waals surface area contributed by atoms with E-state index in [4.69, 9.17) is 5.73 Å². The maximum Gasteiger partial charge on any atom is 0.0401 e. The van der Waals surface area contributed by atoms with E-state index < -0.39 is 0 Å². The third-order valence-corrected chi connectivity index (χ3v) is 4.41. The van der Waals surface area contributed by atoms with Gasteiger partial charge < -0.3 is 10.6 Å². The van der Waals surface area contributed by atoms with Crippen molar-refractivity contribution in [3.8, 4) is 0 Å². The fourth-order valence-corrected chi connectivity index (χ4v) is 3.13. The predicted molar refractivity (Wildman–Crippen MR) is 83.7 cm³/mol. The lowest BCUT2D eigenvalue weighted by molar-refractivity contribution is 0.448. The Bertz CT molecular complexity index is 389. The number of anilines is 1. The molecule has 0 spiro atoms. The second-order valence-electron chi connectivity index (χ2n) is 5.75. The van der Waals surface area contributed by atoms with E-state index in [9.17, 15) is 0 Å². The van der Waals surface area contributed by atoms with E-state index in [1.54, 1.807) is 0 Å². The molecule has 19 heavy (non-hydrogen) atoms. The van der Waals surface area contributed by atoms with Crippen LogP contribution in [0.2, 0.25) is 0 Å². The first-order valence-corrected chi connectivity index (χ1v) is 7.86. The van der Waals surface area contributed by atoms with E-state index in [-0.39, 0.29) is 6.04 Å². The highest BCUT2D eigenvalue weighted by Crippen LogP contribution is 2.30. The third kappa shape index (κ3) is 3.50. The minimum absolute atomic E-state index is 0.283. The molecule has 2 atom stereocenters. The van der Waals surface area contributed by atoms with Gasteiger partial charge in [0.15, 0.2) is 0 Å². The van der Waals surface area contributed by atoms with Crippen LogP contribution in [0, 0.1) is 0 Å². The molecule has 0 bridgehead atoms. The van der Waals surface area contributed by atoms with Crippen molar-refractivity contribution in [2.24, 2.45) is 5.73 Å². The Hall–Kier alpha value is -1.02. The molecule has 0 aliphatic carbocycles. The van der Waals surface area contributed by atoms with Crippen LogP contribution in [0.3, 0.4) is 0 Å². The van der Waals surface area contributed by atoms with Gasteiger partial charge in [-0.2, -0.15) is 0 Å². The Kier molecular flexibility index (Phi) is 5.26. The van der Waals surface area contributed by atoms with Gasteiger partial charge in [0, 0.05) is 24.3 Å². The molecule has 0 radical (unpaired) electrons. The number of para-hydroxylation sites is 1. The highest BCUT2D eigenvalue weighted by Gasteiger charge is 2.22. The van der Waals surface area contributed by atoms with Crippen molar-refractivity contribution in [2.45, 2.75) is 64.5 Å². The molecule has 1 aliphatic rings. The molecule has 0 saturated carbocycles. The molecule has 0 aromatic heterocycles. The van der Waals surface area contributed by atoms with Crippen molar-refractivity contribution in [1.82, 2.24) is 0 Å². The van der Waals surface area contributed by atoms with Crippen molar-refractivity contribution in [1.29, 1.82) is 0 Å². The van der Waals surface area contributed by atoms with Gasteiger partial charge in [-0.1, -0.05) is 32.0 Å². The standard InChI is InChI=1S/C17H28N2/c1-3-15(18)13-14-9-5-6-11-17(14)19-12-8-7-10-16(19)4-2/h5-6,9,11,15-16H,3-4,7-8,10,12-13,18H2,1-2H3. The van der Waals surface area contributed by atoms with Crippen LogP contribution in [-0.4, -0.2) is 18.6 Å². The number of rotatable bonds is 5. The molecule has 2 rings (SSSR count). The smallest absolute Gasteiger partial charge is 0.0401 e. The molecule has 2 unspecified atom stereocenters. The first-order valence-electron chi connectivity index (χ1n) is 7.86. The average Bonchev–Trinajstić information content (AvgIpc) is 2.47. The van der Waals surface area contributed by atoms with Crippen LogP contribution in [0.5, 0.6) is 0 Å². The summed E-state index contributed by atoms with van der Waals surface area (Å²) < 4.78 is 0. The van der Waals surface area contributed by atoms with Crippen LogP contribution in [0.25, 0.3) is 0 Å². The normalized spacial score (nSPS) is 21.4. The summed E-state index contributed by atoms with van der Waals surface area (Å²) in [6.45, 7) is 5.68. The van der Waals surface area contributed by atoms with E-state index in [1.807, 2.05) is 0 Å². The topological polar surface area (TPSA) is 29.3 Å². The van der Waals surface area contributed by atoms with E-state index in [2.05, 4.69) is 43.0 Å². The highest BCUT2D eigenvalue weighted by molar-refractivity contribution is 5.55. The Morgan fingerprint density at radius 1 is 1.26 bits per heavy atom. The quantitative estimate of drug-likeness (QED) is 0.874. The van der Waals surface area contributed by atoms with Crippen LogP contribution < -0.4 is 10.6 Å². The second kappa shape index (κ2) is 6.95. The van der Waals surface area contributed by atoms with Gasteiger partial charge in [0.2, 0.25) is 0 Å². The second-order valence-corrected chi connectivity index (χ2v) is 5.75. The number of hydrogen-bond acceptors (Lipinski definition) is 2. The Balaban J connectivity index is 2.22. The van der Waals surface area contributed by atoms with Gasteiger partial charge in [-0.3, -0.25) is 0 Å². The highest BCUT2D eigenvalue weighted by atomic mass is 15.2. The zero-order valence-corrected chi connectivity index (χ0v) is 12.4. The number of benzene rings is 1. The fourth-order valence-electron chi connectivity index (χ4n) is 3.13. The summed E-state index contributed by atoms with van der Waals surface area (Å²) in [6, 6.07) is 9.85. The van der Waals surface area contributed by atoms with Crippen LogP contribution in [-0.2, 0) is 6.42 Å². The summed E-state index contributed by atoms with van der Waals surface area (Å²) in [4.78, 5) is 2.63. The molecule has 0 amide bonds. The van der Waals surface area contributed by atoms with Gasteiger partial charge in [0.1, 0.15) is 0 Å². The molecule has 2 N–H and O–H groups in total. The first-order chi connectivity index (χ1) is 9.26. The molecule has 106 valence electrons. The lowest BCUT2D eigenvalue weighted by Gasteiger charge is -2.38. The van der Waals surface area contributed by atoms with Gasteiger partial charge in [-0.15, -0.1) is 0 Å². The van der Waals surface area contributed by atoms with Crippen LogP contribution in [0.1, 0.15) is 51.5 Å². The monoisotopic (exact) mass is 260 g/mol. The van der Waals surface area contributed by atoms with Gasteiger partial charge in [0.05, 0.1) is 0 Å². The molecule has 1 heterocycles. The lowest BCUT2D eigenvalue weighted by Crippen LogP contribution is -2.40. The lowest BCUT2D eigenvalue weighted by atomic mass is 9.96. The van der Waals surface area contributed by atoms with Gasteiger partial charge in [0.25, 0.3) is 0 Å².